The summed E-state index contributed by atoms with van der Waals surface area (Å²) in [5.41, 5.74) is 0. The van der Waals surface area contributed by atoms with Gasteiger partial charge in [-0.1, -0.05) is 0 Å². The smallest absolute Gasteiger partial charge is 0.220 e. The summed E-state index contributed by atoms with van der Waals surface area (Å²) < 4.78 is 0. The molecule has 0 saturated carbocycles. The van der Waals surface area contributed by atoms with Gasteiger partial charge in [-0.3, -0.25) is 4.79 Å². The fraction of sp³-hybridized carbons (Fsp3) is 0.833. The van der Waals surface area contributed by atoms with Gasteiger partial charge in [-0.05, 0) is 6.42 Å². The van der Waals surface area contributed by atoms with E-state index in [-0.39, 0.29) is 5.91 Å². The van der Waals surface area contributed by atoms with Crippen LogP contribution in [0.15, 0.2) is 0 Å². The van der Waals surface area contributed by atoms with E-state index in [1.54, 1.807) is 0 Å². The van der Waals surface area contributed by atoms with Crippen LogP contribution in [0.5, 0.6) is 0 Å². The minimum absolute atomic E-state index is 0.0645. The Morgan fingerprint density at radius 3 is 2.80 bits per heavy atom. The highest BCUT2D eigenvalue weighted by atomic mass is 35.5. The number of hydrogen-bond donors (Lipinski definition) is 2. The monoisotopic (exact) mass is 181 g/mol. The molecule has 0 saturated heterocycles. The van der Waals surface area contributed by atoms with E-state index in [0.717, 1.165) is 6.42 Å². The summed E-state index contributed by atoms with van der Waals surface area (Å²) in [5, 5.41) is 2.69. The molecular formula is C6H12ClNOS. The first-order chi connectivity index (χ1) is 4.81. The lowest BCUT2D eigenvalue weighted by Crippen LogP contribution is -2.24. The molecule has 0 bridgehead atoms. The van der Waals surface area contributed by atoms with Gasteiger partial charge in [0.2, 0.25) is 5.91 Å². The van der Waals surface area contributed by atoms with Crippen molar-refractivity contribution in [3.8, 4) is 0 Å². The molecule has 0 aliphatic heterocycles. The topological polar surface area (TPSA) is 29.1 Å². The number of carbonyl (C=O) groups excluding carboxylic acids is 1. The van der Waals surface area contributed by atoms with E-state index < -0.39 is 0 Å². The Bertz CT molecular complexity index is 89.7. The standard InChI is InChI=1S/C6H12ClNOS/c7-3-1-2-6(9)8-4-5-10/h10H,1-5H2,(H,8,9). The molecule has 0 radical (unpaired) electrons. The predicted molar refractivity (Wildman–Crippen MR) is 46.8 cm³/mol. The van der Waals surface area contributed by atoms with Gasteiger partial charge < -0.3 is 5.32 Å². The Hall–Kier alpha value is 0.110. The van der Waals surface area contributed by atoms with Crippen molar-refractivity contribution in [3.05, 3.63) is 0 Å². The molecule has 0 aliphatic rings. The number of thiol groups is 1. The third kappa shape index (κ3) is 6.23. The minimum Gasteiger partial charge on any atom is -0.355 e. The van der Waals surface area contributed by atoms with Gasteiger partial charge in [0.15, 0.2) is 0 Å². The normalized spacial score (nSPS) is 9.40. The minimum atomic E-state index is 0.0645. The number of carbonyl (C=O) groups is 1. The fourth-order valence-electron chi connectivity index (χ4n) is 0.511. The number of halogens is 1. The molecule has 0 fully saturated rings. The van der Waals surface area contributed by atoms with Crippen LogP contribution >= 0.6 is 24.2 Å². The molecule has 1 N–H and O–H groups in total. The molecule has 1 amide bonds. The van der Waals surface area contributed by atoms with Crippen LogP contribution in [0.25, 0.3) is 0 Å². The van der Waals surface area contributed by atoms with Crippen molar-refractivity contribution in [2.75, 3.05) is 18.2 Å². The van der Waals surface area contributed by atoms with Gasteiger partial charge in [0, 0.05) is 24.6 Å². The maximum atomic E-state index is 10.8. The molecule has 0 unspecified atom stereocenters. The van der Waals surface area contributed by atoms with Crippen LogP contribution in [0.4, 0.5) is 0 Å². The van der Waals surface area contributed by atoms with Crippen LogP contribution in [0.3, 0.4) is 0 Å². The van der Waals surface area contributed by atoms with E-state index >= 15 is 0 Å². The number of rotatable bonds is 5. The Kier molecular flexibility index (Phi) is 7.30. The summed E-state index contributed by atoms with van der Waals surface area (Å²) in [6, 6.07) is 0. The summed E-state index contributed by atoms with van der Waals surface area (Å²) in [6.07, 6.45) is 1.28. The molecule has 0 aromatic heterocycles. The van der Waals surface area contributed by atoms with Crippen LogP contribution in [-0.2, 0) is 4.79 Å². The molecule has 10 heavy (non-hydrogen) atoms. The summed E-state index contributed by atoms with van der Waals surface area (Å²) in [7, 11) is 0. The van der Waals surface area contributed by atoms with Gasteiger partial charge in [0.25, 0.3) is 0 Å². The van der Waals surface area contributed by atoms with Gasteiger partial charge in [-0.15, -0.1) is 11.6 Å². The van der Waals surface area contributed by atoms with E-state index in [9.17, 15) is 4.79 Å². The number of amides is 1. The number of nitrogens with one attached hydrogen (secondary N) is 1. The highest BCUT2D eigenvalue weighted by Gasteiger charge is 1.96. The fourth-order valence-corrected chi connectivity index (χ4v) is 0.757. The van der Waals surface area contributed by atoms with Crippen LogP contribution in [0.1, 0.15) is 12.8 Å². The maximum absolute atomic E-state index is 10.8. The molecule has 0 aromatic rings. The highest BCUT2D eigenvalue weighted by Crippen LogP contribution is 1.90. The lowest BCUT2D eigenvalue weighted by atomic mass is 10.3. The average molecular weight is 182 g/mol. The first kappa shape index (κ1) is 10.1. The zero-order chi connectivity index (χ0) is 7.82. The van der Waals surface area contributed by atoms with Crippen molar-refractivity contribution < 1.29 is 4.79 Å². The molecule has 0 atom stereocenters. The van der Waals surface area contributed by atoms with E-state index in [1.807, 2.05) is 0 Å². The van der Waals surface area contributed by atoms with E-state index in [2.05, 4.69) is 17.9 Å². The Labute approximate surface area is 71.7 Å². The van der Waals surface area contributed by atoms with Crippen LogP contribution < -0.4 is 5.32 Å². The quantitative estimate of drug-likeness (QED) is 0.482. The maximum Gasteiger partial charge on any atom is 0.220 e. The van der Waals surface area contributed by atoms with Gasteiger partial charge in [0.05, 0.1) is 0 Å². The first-order valence-corrected chi connectivity index (χ1v) is 4.41. The van der Waals surface area contributed by atoms with Gasteiger partial charge in [0.1, 0.15) is 0 Å². The van der Waals surface area contributed by atoms with Crippen LogP contribution in [-0.4, -0.2) is 24.1 Å². The number of hydrogen-bond acceptors (Lipinski definition) is 2. The average Bonchev–Trinajstić information content (AvgIpc) is 1.97. The second-order valence-electron chi connectivity index (χ2n) is 1.87. The Morgan fingerprint density at radius 1 is 1.60 bits per heavy atom. The molecule has 4 heteroatoms. The SMILES string of the molecule is O=C(CCCCl)NCCS. The summed E-state index contributed by atoms with van der Waals surface area (Å²) in [5.74, 6) is 1.30. The lowest BCUT2D eigenvalue weighted by Gasteiger charge is -1.99. The third-order valence-electron chi connectivity index (χ3n) is 0.971. The molecule has 0 heterocycles. The zero-order valence-corrected chi connectivity index (χ0v) is 7.42. The van der Waals surface area contributed by atoms with Crippen LogP contribution in [0.2, 0.25) is 0 Å². The van der Waals surface area contributed by atoms with E-state index in [4.69, 9.17) is 11.6 Å². The first-order valence-electron chi connectivity index (χ1n) is 3.24. The number of alkyl halides is 1. The van der Waals surface area contributed by atoms with Crippen molar-refractivity contribution in [1.82, 2.24) is 5.32 Å². The lowest BCUT2D eigenvalue weighted by molar-refractivity contribution is -0.120. The molecule has 0 aromatic carbocycles. The molecular weight excluding hydrogens is 170 g/mol. The van der Waals surface area contributed by atoms with Crippen molar-refractivity contribution in [2.45, 2.75) is 12.8 Å². The third-order valence-corrected chi connectivity index (χ3v) is 1.46. The molecule has 0 rings (SSSR count). The second kappa shape index (κ2) is 7.22. The second-order valence-corrected chi connectivity index (χ2v) is 2.69. The summed E-state index contributed by atoms with van der Waals surface area (Å²) in [6.45, 7) is 0.643. The van der Waals surface area contributed by atoms with Crippen LogP contribution in [0, 0.1) is 0 Å². The highest BCUT2D eigenvalue weighted by molar-refractivity contribution is 7.80. The Morgan fingerprint density at radius 2 is 2.30 bits per heavy atom. The Balaban J connectivity index is 3.09. The van der Waals surface area contributed by atoms with Gasteiger partial charge in [-0.25, -0.2) is 0 Å². The van der Waals surface area contributed by atoms with Gasteiger partial charge in [-0.2, -0.15) is 12.6 Å². The van der Waals surface area contributed by atoms with E-state index in [1.165, 1.54) is 0 Å². The van der Waals surface area contributed by atoms with Crippen molar-refractivity contribution >= 4 is 30.1 Å². The summed E-state index contributed by atoms with van der Waals surface area (Å²) in [4.78, 5) is 10.8. The van der Waals surface area contributed by atoms with Gasteiger partial charge >= 0.3 is 0 Å². The molecule has 60 valence electrons. The molecule has 2 nitrogen and oxygen atoms in total. The largest absolute Gasteiger partial charge is 0.355 e. The van der Waals surface area contributed by atoms with Crippen molar-refractivity contribution in [2.24, 2.45) is 0 Å². The zero-order valence-electron chi connectivity index (χ0n) is 5.77. The van der Waals surface area contributed by atoms with Crippen molar-refractivity contribution in [1.29, 1.82) is 0 Å². The van der Waals surface area contributed by atoms with Crippen molar-refractivity contribution in [3.63, 3.8) is 0 Å². The summed E-state index contributed by atoms with van der Waals surface area (Å²) >= 11 is 9.33. The van der Waals surface area contributed by atoms with E-state index in [0.29, 0.717) is 24.6 Å². The molecule has 0 aliphatic carbocycles. The predicted octanol–water partition coefficient (Wildman–Crippen LogP) is 1.05. The molecule has 0 spiro atoms.